The summed E-state index contributed by atoms with van der Waals surface area (Å²) in [6, 6.07) is 2.34. The van der Waals surface area contributed by atoms with Crippen LogP contribution >= 0.6 is 0 Å². The van der Waals surface area contributed by atoms with Gasteiger partial charge in [0.15, 0.2) is 0 Å². The summed E-state index contributed by atoms with van der Waals surface area (Å²) in [5, 5.41) is 18.6. The normalized spacial score (nSPS) is 33.3. The molecule has 16 heavy (non-hydrogen) atoms. The first-order valence-corrected chi connectivity index (χ1v) is 6.22. The van der Waals surface area contributed by atoms with Crippen molar-refractivity contribution in [2.75, 3.05) is 19.6 Å². The largest absolute Gasteiger partial charge is 0.393 e. The Morgan fingerprint density at radius 1 is 1.44 bits per heavy atom. The van der Waals surface area contributed by atoms with Gasteiger partial charge in [-0.05, 0) is 37.5 Å². The van der Waals surface area contributed by atoms with Crippen molar-refractivity contribution in [3.8, 4) is 6.07 Å². The lowest BCUT2D eigenvalue weighted by molar-refractivity contribution is 0.0851. The van der Waals surface area contributed by atoms with Gasteiger partial charge in [-0.2, -0.15) is 5.26 Å². The maximum absolute atomic E-state index is 9.92. The average Bonchev–Trinajstić information content (AvgIpc) is 2.99. The number of nitrogens with two attached hydrogens (primary N) is 1. The van der Waals surface area contributed by atoms with Crippen LogP contribution in [0, 0.1) is 23.2 Å². The molecule has 0 spiro atoms. The van der Waals surface area contributed by atoms with Crippen LogP contribution in [0.15, 0.2) is 0 Å². The van der Waals surface area contributed by atoms with Gasteiger partial charge in [-0.1, -0.05) is 0 Å². The molecule has 0 aromatic carbocycles. The molecular weight excluding hydrogens is 202 g/mol. The maximum atomic E-state index is 9.92. The van der Waals surface area contributed by atoms with E-state index in [0.29, 0.717) is 18.4 Å². The molecule has 4 heteroatoms. The predicted molar refractivity (Wildman–Crippen MR) is 61.5 cm³/mol. The SMILES string of the molecule is N#CCN1CC(N)CC(CC(O)C2CC2)C1. The fourth-order valence-electron chi connectivity index (χ4n) is 2.76. The van der Waals surface area contributed by atoms with E-state index in [0.717, 1.165) is 25.9 Å². The zero-order valence-corrected chi connectivity index (χ0v) is 9.68. The minimum atomic E-state index is -0.140. The quantitative estimate of drug-likeness (QED) is 0.673. The molecule has 0 radical (unpaired) electrons. The minimum absolute atomic E-state index is 0.140. The van der Waals surface area contributed by atoms with Crippen molar-refractivity contribution in [2.24, 2.45) is 17.6 Å². The molecule has 0 aromatic rings. The zero-order valence-electron chi connectivity index (χ0n) is 9.68. The van der Waals surface area contributed by atoms with Crippen molar-refractivity contribution in [3.63, 3.8) is 0 Å². The van der Waals surface area contributed by atoms with E-state index in [9.17, 15) is 5.11 Å². The van der Waals surface area contributed by atoms with Gasteiger partial charge < -0.3 is 10.8 Å². The van der Waals surface area contributed by atoms with Gasteiger partial charge in [0.2, 0.25) is 0 Å². The van der Waals surface area contributed by atoms with Gasteiger partial charge in [-0.15, -0.1) is 0 Å². The number of aliphatic hydroxyl groups is 1. The number of likely N-dealkylation sites (tertiary alicyclic amines) is 1. The van der Waals surface area contributed by atoms with E-state index in [1.165, 1.54) is 12.8 Å². The third-order valence-electron chi connectivity index (χ3n) is 3.68. The van der Waals surface area contributed by atoms with Gasteiger partial charge >= 0.3 is 0 Å². The Kier molecular flexibility index (Phi) is 3.80. The second kappa shape index (κ2) is 5.13. The summed E-state index contributed by atoms with van der Waals surface area (Å²) >= 11 is 0. The van der Waals surface area contributed by atoms with Crippen LogP contribution in [0.25, 0.3) is 0 Å². The molecule has 4 nitrogen and oxygen atoms in total. The van der Waals surface area contributed by atoms with Crippen LogP contribution in [0.5, 0.6) is 0 Å². The van der Waals surface area contributed by atoms with E-state index in [-0.39, 0.29) is 12.1 Å². The molecule has 2 rings (SSSR count). The summed E-state index contributed by atoms with van der Waals surface area (Å²) in [4.78, 5) is 2.11. The lowest BCUT2D eigenvalue weighted by atomic mass is 9.89. The van der Waals surface area contributed by atoms with E-state index >= 15 is 0 Å². The first-order valence-electron chi connectivity index (χ1n) is 6.22. The monoisotopic (exact) mass is 223 g/mol. The molecule has 90 valence electrons. The maximum Gasteiger partial charge on any atom is 0.0866 e. The number of nitriles is 1. The van der Waals surface area contributed by atoms with Crippen molar-refractivity contribution in [3.05, 3.63) is 0 Å². The Morgan fingerprint density at radius 2 is 2.19 bits per heavy atom. The Labute approximate surface area is 97.0 Å². The Hall–Kier alpha value is -0.630. The third-order valence-corrected chi connectivity index (χ3v) is 3.68. The van der Waals surface area contributed by atoms with Crippen molar-refractivity contribution in [1.82, 2.24) is 4.90 Å². The van der Waals surface area contributed by atoms with Crippen LogP contribution < -0.4 is 5.73 Å². The van der Waals surface area contributed by atoms with Crippen LogP contribution in [-0.2, 0) is 0 Å². The van der Waals surface area contributed by atoms with Crippen molar-refractivity contribution >= 4 is 0 Å². The van der Waals surface area contributed by atoms with E-state index in [2.05, 4.69) is 11.0 Å². The highest BCUT2D eigenvalue weighted by Gasteiger charge is 2.33. The van der Waals surface area contributed by atoms with Gasteiger partial charge in [-0.3, -0.25) is 4.90 Å². The highest BCUT2D eigenvalue weighted by Crippen LogP contribution is 2.36. The predicted octanol–water partition coefficient (Wildman–Crippen LogP) is 0.320. The van der Waals surface area contributed by atoms with E-state index < -0.39 is 0 Å². The van der Waals surface area contributed by atoms with E-state index in [4.69, 9.17) is 11.0 Å². The summed E-state index contributed by atoms with van der Waals surface area (Å²) < 4.78 is 0. The highest BCUT2D eigenvalue weighted by molar-refractivity contribution is 4.89. The minimum Gasteiger partial charge on any atom is -0.393 e. The Morgan fingerprint density at radius 3 is 2.81 bits per heavy atom. The number of hydrogen-bond acceptors (Lipinski definition) is 4. The van der Waals surface area contributed by atoms with Gasteiger partial charge in [0.25, 0.3) is 0 Å². The van der Waals surface area contributed by atoms with Gasteiger partial charge in [0.05, 0.1) is 18.7 Å². The molecule has 1 aliphatic carbocycles. The molecule has 3 unspecified atom stereocenters. The second-order valence-corrected chi connectivity index (χ2v) is 5.35. The topological polar surface area (TPSA) is 73.3 Å². The average molecular weight is 223 g/mol. The third kappa shape index (κ3) is 3.18. The van der Waals surface area contributed by atoms with Crippen molar-refractivity contribution < 1.29 is 5.11 Å². The molecule has 3 N–H and O–H groups in total. The number of hydrogen-bond donors (Lipinski definition) is 2. The summed E-state index contributed by atoms with van der Waals surface area (Å²) in [5.41, 5.74) is 5.98. The number of rotatable bonds is 4. The van der Waals surface area contributed by atoms with Crippen LogP contribution in [0.3, 0.4) is 0 Å². The lowest BCUT2D eigenvalue weighted by Crippen LogP contribution is -2.47. The van der Waals surface area contributed by atoms with Gasteiger partial charge in [0.1, 0.15) is 0 Å². The van der Waals surface area contributed by atoms with Gasteiger partial charge in [-0.25, -0.2) is 0 Å². The summed E-state index contributed by atoms with van der Waals surface area (Å²) in [6.07, 6.45) is 4.08. The fraction of sp³-hybridized carbons (Fsp3) is 0.917. The van der Waals surface area contributed by atoms with E-state index in [1.807, 2.05) is 0 Å². The molecule has 0 amide bonds. The molecule has 1 heterocycles. The van der Waals surface area contributed by atoms with Gasteiger partial charge in [0, 0.05) is 19.1 Å². The zero-order chi connectivity index (χ0) is 11.5. The van der Waals surface area contributed by atoms with Crippen LogP contribution in [-0.4, -0.2) is 41.8 Å². The first-order chi connectivity index (χ1) is 7.69. The number of piperidine rings is 1. The highest BCUT2D eigenvalue weighted by atomic mass is 16.3. The van der Waals surface area contributed by atoms with Crippen LogP contribution in [0.1, 0.15) is 25.7 Å². The first kappa shape index (κ1) is 11.8. The lowest BCUT2D eigenvalue weighted by Gasteiger charge is -2.35. The molecule has 2 fully saturated rings. The molecule has 1 saturated carbocycles. The second-order valence-electron chi connectivity index (χ2n) is 5.35. The van der Waals surface area contributed by atoms with Crippen molar-refractivity contribution in [1.29, 1.82) is 5.26 Å². The molecule has 1 saturated heterocycles. The fourth-order valence-corrected chi connectivity index (χ4v) is 2.76. The summed E-state index contributed by atoms with van der Waals surface area (Å²) in [6.45, 7) is 2.21. The Balaban J connectivity index is 1.81. The molecule has 3 atom stereocenters. The van der Waals surface area contributed by atoms with Crippen LogP contribution in [0.2, 0.25) is 0 Å². The Bertz CT molecular complexity index is 272. The number of aliphatic hydroxyl groups excluding tert-OH is 1. The molecule has 0 aromatic heterocycles. The summed E-state index contributed by atoms with van der Waals surface area (Å²) in [7, 11) is 0. The molecule has 0 bridgehead atoms. The van der Waals surface area contributed by atoms with Crippen molar-refractivity contribution in [2.45, 2.75) is 37.8 Å². The van der Waals surface area contributed by atoms with E-state index in [1.54, 1.807) is 0 Å². The number of nitrogens with zero attached hydrogens (tertiary/aromatic N) is 2. The molecule has 1 aliphatic heterocycles. The standard InChI is InChI=1S/C12H21N3O/c13-3-4-15-7-9(5-11(14)8-15)6-12(16)10-1-2-10/h9-12,16H,1-2,4-8,14H2. The van der Waals surface area contributed by atoms with Crippen LogP contribution in [0.4, 0.5) is 0 Å². The summed E-state index contributed by atoms with van der Waals surface area (Å²) in [5.74, 6) is 1.01. The smallest absolute Gasteiger partial charge is 0.0866 e. The molecule has 2 aliphatic rings. The molecular formula is C12H21N3O.